The molecule has 0 spiro atoms. The van der Waals surface area contributed by atoms with Crippen LogP contribution in [0.1, 0.15) is 40.5 Å². The lowest BCUT2D eigenvalue weighted by atomic mass is 9.98. The Hall–Kier alpha value is -2.37. The first-order valence-corrected chi connectivity index (χ1v) is 7.21. The van der Waals surface area contributed by atoms with Gasteiger partial charge in [-0.05, 0) is 31.0 Å². The number of benzene rings is 1. The quantitative estimate of drug-likeness (QED) is 0.813. The van der Waals surface area contributed by atoms with Gasteiger partial charge in [0.05, 0.1) is 11.7 Å². The zero-order valence-electron chi connectivity index (χ0n) is 11.7. The molecule has 4 nitrogen and oxygen atoms in total. The summed E-state index contributed by atoms with van der Waals surface area (Å²) in [7, 11) is 0. The van der Waals surface area contributed by atoms with Gasteiger partial charge in [0, 0.05) is 29.8 Å². The minimum Gasteiger partial charge on any atom is -0.328 e. The molecule has 0 radical (unpaired) electrons. The van der Waals surface area contributed by atoms with Gasteiger partial charge >= 0.3 is 0 Å². The number of fused-ring (bicyclic) bond motifs is 4. The molecule has 2 atom stereocenters. The standard InChI is InChI=1S/C16H13F2N3O/c17-12-3-1-9(5-13(12)18)16(22)21-10-2-4-15(21)11-7-19-8-20-14(11)6-10/h1,3,5,7-8,10,15H,2,4,6H2/t10-,15-/m0/s1. The van der Waals surface area contributed by atoms with Crippen LogP contribution in [-0.4, -0.2) is 26.8 Å². The fourth-order valence-corrected chi connectivity index (χ4v) is 3.51. The molecule has 4 rings (SSSR count). The van der Waals surface area contributed by atoms with Crippen LogP contribution >= 0.6 is 0 Å². The summed E-state index contributed by atoms with van der Waals surface area (Å²) in [4.78, 5) is 22.8. The molecule has 22 heavy (non-hydrogen) atoms. The third kappa shape index (κ3) is 1.90. The van der Waals surface area contributed by atoms with Crippen molar-refractivity contribution in [2.45, 2.75) is 31.3 Å². The lowest BCUT2D eigenvalue weighted by Gasteiger charge is -2.35. The number of hydrogen-bond acceptors (Lipinski definition) is 3. The first-order valence-electron chi connectivity index (χ1n) is 7.21. The molecule has 112 valence electrons. The van der Waals surface area contributed by atoms with Crippen molar-refractivity contribution in [1.29, 1.82) is 0 Å². The zero-order valence-corrected chi connectivity index (χ0v) is 11.7. The van der Waals surface area contributed by atoms with Gasteiger partial charge in [-0.25, -0.2) is 18.7 Å². The molecule has 0 aliphatic carbocycles. The smallest absolute Gasteiger partial charge is 0.254 e. The number of rotatable bonds is 1. The molecule has 1 aromatic heterocycles. The van der Waals surface area contributed by atoms with E-state index in [1.165, 1.54) is 12.4 Å². The molecule has 6 heteroatoms. The van der Waals surface area contributed by atoms with Crippen molar-refractivity contribution >= 4 is 5.91 Å². The van der Waals surface area contributed by atoms with E-state index in [1.54, 1.807) is 11.1 Å². The molecule has 0 saturated carbocycles. The Morgan fingerprint density at radius 1 is 1.23 bits per heavy atom. The Morgan fingerprint density at radius 2 is 2.09 bits per heavy atom. The van der Waals surface area contributed by atoms with Crippen LogP contribution in [-0.2, 0) is 6.42 Å². The Balaban J connectivity index is 1.71. The molecular weight excluding hydrogens is 288 g/mol. The molecular formula is C16H13F2N3O. The van der Waals surface area contributed by atoms with E-state index in [2.05, 4.69) is 9.97 Å². The fourth-order valence-electron chi connectivity index (χ4n) is 3.51. The Bertz CT molecular complexity index is 765. The fraction of sp³-hybridized carbons (Fsp3) is 0.312. The summed E-state index contributed by atoms with van der Waals surface area (Å²) in [5.74, 6) is -2.21. The number of nitrogens with zero attached hydrogens (tertiary/aromatic N) is 3. The predicted molar refractivity (Wildman–Crippen MR) is 74.0 cm³/mol. The van der Waals surface area contributed by atoms with Crippen LogP contribution in [0.5, 0.6) is 0 Å². The van der Waals surface area contributed by atoms with Crippen molar-refractivity contribution in [3.63, 3.8) is 0 Å². The first-order chi connectivity index (χ1) is 10.6. The molecule has 2 aliphatic rings. The summed E-state index contributed by atoms with van der Waals surface area (Å²) in [5.41, 5.74) is 2.13. The lowest BCUT2D eigenvalue weighted by Crippen LogP contribution is -2.42. The summed E-state index contributed by atoms with van der Waals surface area (Å²) in [6.45, 7) is 0. The number of amides is 1. The summed E-state index contributed by atoms with van der Waals surface area (Å²) >= 11 is 0. The molecule has 1 fully saturated rings. The first kappa shape index (κ1) is 13.3. The van der Waals surface area contributed by atoms with Crippen LogP contribution in [0.2, 0.25) is 0 Å². The van der Waals surface area contributed by atoms with Gasteiger partial charge in [-0.1, -0.05) is 0 Å². The van der Waals surface area contributed by atoms with Crippen LogP contribution in [0.25, 0.3) is 0 Å². The number of halogens is 2. The summed E-state index contributed by atoms with van der Waals surface area (Å²) in [6, 6.07) is 3.28. The van der Waals surface area contributed by atoms with Crippen molar-refractivity contribution in [2.75, 3.05) is 0 Å². The zero-order chi connectivity index (χ0) is 15.3. The second-order valence-electron chi connectivity index (χ2n) is 5.72. The van der Waals surface area contributed by atoms with Crippen molar-refractivity contribution < 1.29 is 13.6 Å². The molecule has 1 aromatic carbocycles. The maximum absolute atomic E-state index is 13.4. The van der Waals surface area contributed by atoms with Crippen LogP contribution in [0.3, 0.4) is 0 Å². The van der Waals surface area contributed by atoms with E-state index in [0.717, 1.165) is 36.2 Å². The molecule has 2 bridgehead atoms. The van der Waals surface area contributed by atoms with Gasteiger partial charge in [-0.3, -0.25) is 4.79 Å². The van der Waals surface area contributed by atoms with E-state index in [4.69, 9.17) is 0 Å². The van der Waals surface area contributed by atoms with E-state index < -0.39 is 11.6 Å². The molecule has 0 unspecified atom stereocenters. The van der Waals surface area contributed by atoms with Crippen LogP contribution in [0, 0.1) is 11.6 Å². The highest BCUT2D eigenvalue weighted by molar-refractivity contribution is 5.95. The van der Waals surface area contributed by atoms with E-state index in [-0.39, 0.29) is 23.6 Å². The SMILES string of the molecule is O=C(c1ccc(F)c(F)c1)N1[C@H]2CC[C@H]1c1cncnc1C2. The minimum absolute atomic E-state index is 0.0630. The van der Waals surface area contributed by atoms with Crippen molar-refractivity contribution in [2.24, 2.45) is 0 Å². The normalized spacial score (nSPS) is 22.5. The molecule has 3 heterocycles. The van der Waals surface area contributed by atoms with Crippen molar-refractivity contribution in [3.05, 3.63) is 59.2 Å². The summed E-state index contributed by atoms with van der Waals surface area (Å²) in [5, 5.41) is 0. The van der Waals surface area contributed by atoms with E-state index in [1.807, 2.05) is 0 Å². The van der Waals surface area contributed by atoms with Gasteiger partial charge in [0.25, 0.3) is 5.91 Å². The van der Waals surface area contributed by atoms with Gasteiger partial charge in [0.1, 0.15) is 6.33 Å². The van der Waals surface area contributed by atoms with Crippen molar-refractivity contribution in [1.82, 2.24) is 14.9 Å². The Labute approximate surface area is 125 Å². The summed E-state index contributed by atoms with van der Waals surface area (Å²) < 4.78 is 26.4. The van der Waals surface area contributed by atoms with E-state index in [0.29, 0.717) is 6.42 Å². The van der Waals surface area contributed by atoms with Gasteiger partial charge < -0.3 is 4.90 Å². The monoisotopic (exact) mass is 301 g/mol. The highest BCUT2D eigenvalue weighted by Gasteiger charge is 2.43. The molecule has 0 N–H and O–H groups in total. The largest absolute Gasteiger partial charge is 0.328 e. The van der Waals surface area contributed by atoms with Gasteiger partial charge in [0.2, 0.25) is 0 Å². The van der Waals surface area contributed by atoms with Gasteiger partial charge in [-0.2, -0.15) is 0 Å². The van der Waals surface area contributed by atoms with Gasteiger partial charge in [-0.15, -0.1) is 0 Å². The maximum Gasteiger partial charge on any atom is 0.254 e. The third-order valence-electron chi connectivity index (χ3n) is 4.52. The topological polar surface area (TPSA) is 46.1 Å². The highest BCUT2D eigenvalue weighted by atomic mass is 19.2. The Morgan fingerprint density at radius 3 is 2.91 bits per heavy atom. The molecule has 1 amide bonds. The Kier molecular flexibility index (Phi) is 2.92. The van der Waals surface area contributed by atoms with Crippen LogP contribution < -0.4 is 0 Å². The van der Waals surface area contributed by atoms with Crippen LogP contribution in [0.4, 0.5) is 8.78 Å². The third-order valence-corrected chi connectivity index (χ3v) is 4.52. The second kappa shape index (κ2) is 4.83. The number of hydrogen-bond donors (Lipinski definition) is 0. The minimum atomic E-state index is -1.00. The highest BCUT2D eigenvalue weighted by Crippen LogP contribution is 2.43. The number of carbonyl (C=O) groups is 1. The van der Waals surface area contributed by atoms with Crippen LogP contribution in [0.15, 0.2) is 30.7 Å². The maximum atomic E-state index is 13.4. The predicted octanol–water partition coefficient (Wildman–Crippen LogP) is 2.66. The van der Waals surface area contributed by atoms with Crippen molar-refractivity contribution in [3.8, 4) is 0 Å². The molecule has 1 saturated heterocycles. The van der Waals surface area contributed by atoms with E-state index in [9.17, 15) is 13.6 Å². The number of carbonyl (C=O) groups excluding carboxylic acids is 1. The molecule has 2 aliphatic heterocycles. The van der Waals surface area contributed by atoms with E-state index >= 15 is 0 Å². The average molecular weight is 301 g/mol. The molecule has 2 aromatic rings. The second-order valence-corrected chi connectivity index (χ2v) is 5.72. The number of aromatic nitrogens is 2. The van der Waals surface area contributed by atoms with Gasteiger partial charge in [0.15, 0.2) is 11.6 Å². The summed E-state index contributed by atoms with van der Waals surface area (Å²) in [6.07, 6.45) is 5.69. The average Bonchev–Trinajstić information content (AvgIpc) is 2.84. The lowest BCUT2D eigenvalue weighted by molar-refractivity contribution is 0.0643.